The molecule has 4 heteroatoms. The standard InChI is InChI=1S/C15H21IN2O/c16-13-7-5-12(6-8-13)3-1-2-4-15(19)18-10-9-14(17)11-18/h5-8,14H,1-4,9-11,17H2/t14-/m1/s1. The molecule has 0 aromatic heterocycles. The topological polar surface area (TPSA) is 46.3 Å². The average Bonchev–Trinajstić information content (AvgIpc) is 2.83. The lowest BCUT2D eigenvalue weighted by Gasteiger charge is -2.15. The lowest BCUT2D eigenvalue weighted by molar-refractivity contribution is -0.130. The Bertz CT molecular complexity index is 419. The van der Waals surface area contributed by atoms with Crippen LogP contribution in [0.1, 0.15) is 31.2 Å². The lowest BCUT2D eigenvalue weighted by Crippen LogP contribution is -2.31. The maximum absolute atomic E-state index is 11.9. The van der Waals surface area contributed by atoms with E-state index < -0.39 is 0 Å². The zero-order valence-electron chi connectivity index (χ0n) is 11.1. The third-order valence-corrected chi connectivity index (χ3v) is 4.32. The van der Waals surface area contributed by atoms with Gasteiger partial charge in [-0.15, -0.1) is 0 Å². The summed E-state index contributed by atoms with van der Waals surface area (Å²) in [6.45, 7) is 1.59. The van der Waals surface area contributed by atoms with Gasteiger partial charge < -0.3 is 10.6 Å². The average molecular weight is 372 g/mol. The third-order valence-electron chi connectivity index (χ3n) is 3.60. The van der Waals surface area contributed by atoms with E-state index in [1.807, 2.05) is 4.90 Å². The summed E-state index contributed by atoms with van der Waals surface area (Å²) >= 11 is 2.31. The maximum atomic E-state index is 11.9. The quantitative estimate of drug-likeness (QED) is 0.638. The van der Waals surface area contributed by atoms with Crippen molar-refractivity contribution in [2.45, 2.75) is 38.1 Å². The highest BCUT2D eigenvalue weighted by Gasteiger charge is 2.22. The second kappa shape index (κ2) is 7.24. The first-order chi connectivity index (χ1) is 9.15. The van der Waals surface area contributed by atoms with Gasteiger partial charge in [0.2, 0.25) is 5.91 Å². The molecular formula is C15H21IN2O. The van der Waals surface area contributed by atoms with Crippen molar-refractivity contribution in [2.24, 2.45) is 5.73 Å². The van der Waals surface area contributed by atoms with Crippen molar-refractivity contribution in [3.05, 3.63) is 33.4 Å². The molecule has 1 aliphatic heterocycles. The van der Waals surface area contributed by atoms with Gasteiger partial charge in [-0.3, -0.25) is 4.79 Å². The molecular weight excluding hydrogens is 351 g/mol. The first-order valence-electron chi connectivity index (χ1n) is 6.93. The fourth-order valence-corrected chi connectivity index (χ4v) is 2.79. The Hall–Kier alpha value is -0.620. The van der Waals surface area contributed by atoms with Crippen LogP contribution < -0.4 is 5.73 Å². The third kappa shape index (κ3) is 4.76. The highest BCUT2D eigenvalue weighted by Crippen LogP contribution is 2.13. The van der Waals surface area contributed by atoms with E-state index in [2.05, 4.69) is 46.9 Å². The Morgan fingerprint density at radius 1 is 1.32 bits per heavy atom. The molecule has 1 aliphatic rings. The second-order valence-corrected chi connectivity index (χ2v) is 6.47. The summed E-state index contributed by atoms with van der Waals surface area (Å²) in [5, 5.41) is 0. The van der Waals surface area contributed by atoms with Crippen LogP contribution in [0.25, 0.3) is 0 Å². The molecule has 0 spiro atoms. The Morgan fingerprint density at radius 2 is 2.05 bits per heavy atom. The van der Waals surface area contributed by atoms with Crippen LogP contribution in [0.3, 0.4) is 0 Å². The molecule has 1 aromatic rings. The molecule has 1 amide bonds. The largest absolute Gasteiger partial charge is 0.341 e. The van der Waals surface area contributed by atoms with Crippen LogP contribution in [-0.4, -0.2) is 29.9 Å². The molecule has 1 aromatic carbocycles. The Labute approximate surface area is 128 Å². The normalized spacial score (nSPS) is 18.8. The second-order valence-electron chi connectivity index (χ2n) is 5.22. The molecule has 2 rings (SSSR count). The molecule has 1 saturated heterocycles. The number of unbranched alkanes of at least 4 members (excludes halogenated alkanes) is 1. The van der Waals surface area contributed by atoms with E-state index in [-0.39, 0.29) is 11.9 Å². The fraction of sp³-hybridized carbons (Fsp3) is 0.533. The molecule has 1 fully saturated rings. The van der Waals surface area contributed by atoms with Gasteiger partial charge >= 0.3 is 0 Å². The predicted molar refractivity (Wildman–Crippen MR) is 85.9 cm³/mol. The van der Waals surface area contributed by atoms with Gasteiger partial charge in [0.25, 0.3) is 0 Å². The van der Waals surface area contributed by atoms with E-state index in [4.69, 9.17) is 5.73 Å². The van der Waals surface area contributed by atoms with Gasteiger partial charge in [0.15, 0.2) is 0 Å². The minimum atomic E-state index is 0.191. The molecule has 0 aliphatic carbocycles. The SMILES string of the molecule is N[C@@H]1CCN(C(=O)CCCCc2ccc(I)cc2)C1. The van der Waals surface area contributed by atoms with Gasteiger partial charge in [-0.05, 0) is 66.0 Å². The smallest absolute Gasteiger partial charge is 0.222 e. The Balaban J connectivity index is 1.64. The number of halogens is 1. The van der Waals surface area contributed by atoms with Gasteiger partial charge in [0, 0.05) is 29.1 Å². The maximum Gasteiger partial charge on any atom is 0.222 e. The van der Waals surface area contributed by atoms with E-state index in [1.54, 1.807) is 0 Å². The van der Waals surface area contributed by atoms with Crippen LogP contribution in [0.15, 0.2) is 24.3 Å². The van der Waals surface area contributed by atoms with Gasteiger partial charge in [0.1, 0.15) is 0 Å². The molecule has 2 N–H and O–H groups in total. The monoisotopic (exact) mass is 372 g/mol. The number of carbonyl (C=O) groups is 1. The van der Waals surface area contributed by atoms with E-state index in [1.165, 1.54) is 9.13 Å². The van der Waals surface area contributed by atoms with Crippen LogP contribution in [0.4, 0.5) is 0 Å². The number of nitrogens with zero attached hydrogens (tertiary/aromatic N) is 1. The van der Waals surface area contributed by atoms with Crippen LogP contribution in [0.5, 0.6) is 0 Å². The van der Waals surface area contributed by atoms with E-state index in [0.29, 0.717) is 6.42 Å². The van der Waals surface area contributed by atoms with Crippen molar-refractivity contribution < 1.29 is 4.79 Å². The minimum Gasteiger partial charge on any atom is -0.341 e. The summed E-state index contributed by atoms with van der Waals surface area (Å²) in [5.41, 5.74) is 7.17. The summed E-state index contributed by atoms with van der Waals surface area (Å²) in [6, 6.07) is 8.79. The van der Waals surface area contributed by atoms with E-state index >= 15 is 0 Å². The summed E-state index contributed by atoms with van der Waals surface area (Å²) in [6.07, 6.45) is 4.72. The number of nitrogens with two attached hydrogens (primary N) is 1. The van der Waals surface area contributed by atoms with E-state index in [9.17, 15) is 4.79 Å². The van der Waals surface area contributed by atoms with Crippen LogP contribution >= 0.6 is 22.6 Å². The number of aryl methyl sites for hydroxylation is 1. The first kappa shape index (κ1) is 14.8. The van der Waals surface area contributed by atoms with Crippen molar-refractivity contribution in [3.8, 4) is 0 Å². The van der Waals surface area contributed by atoms with Crippen molar-refractivity contribution in [1.82, 2.24) is 4.90 Å². The fourth-order valence-electron chi connectivity index (χ4n) is 2.43. The molecule has 0 bridgehead atoms. The summed E-state index contributed by atoms with van der Waals surface area (Å²) in [4.78, 5) is 13.8. The molecule has 0 radical (unpaired) electrons. The molecule has 19 heavy (non-hydrogen) atoms. The molecule has 104 valence electrons. The van der Waals surface area contributed by atoms with Crippen LogP contribution in [0.2, 0.25) is 0 Å². The zero-order chi connectivity index (χ0) is 13.7. The Kier molecular flexibility index (Phi) is 5.63. The van der Waals surface area contributed by atoms with Crippen LogP contribution in [0, 0.1) is 3.57 Å². The highest BCUT2D eigenvalue weighted by molar-refractivity contribution is 14.1. The zero-order valence-corrected chi connectivity index (χ0v) is 13.3. The molecule has 3 nitrogen and oxygen atoms in total. The van der Waals surface area contributed by atoms with Crippen molar-refractivity contribution >= 4 is 28.5 Å². The first-order valence-corrected chi connectivity index (χ1v) is 8.01. The van der Waals surface area contributed by atoms with Gasteiger partial charge in [-0.2, -0.15) is 0 Å². The Morgan fingerprint density at radius 3 is 2.68 bits per heavy atom. The summed E-state index contributed by atoms with van der Waals surface area (Å²) in [7, 11) is 0. The number of likely N-dealkylation sites (tertiary alicyclic amines) is 1. The van der Waals surface area contributed by atoms with Gasteiger partial charge in [-0.1, -0.05) is 12.1 Å². The van der Waals surface area contributed by atoms with Crippen LogP contribution in [-0.2, 0) is 11.2 Å². The van der Waals surface area contributed by atoms with Gasteiger partial charge in [0.05, 0.1) is 0 Å². The summed E-state index contributed by atoms with van der Waals surface area (Å²) in [5.74, 6) is 0.274. The van der Waals surface area contributed by atoms with E-state index in [0.717, 1.165) is 38.8 Å². The minimum absolute atomic E-state index is 0.191. The van der Waals surface area contributed by atoms with Crippen molar-refractivity contribution in [2.75, 3.05) is 13.1 Å². The molecule has 1 heterocycles. The van der Waals surface area contributed by atoms with Gasteiger partial charge in [-0.25, -0.2) is 0 Å². The molecule has 0 unspecified atom stereocenters. The van der Waals surface area contributed by atoms with Crippen molar-refractivity contribution in [1.29, 1.82) is 0 Å². The molecule has 0 saturated carbocycles. The van der Waals surface area contributed by atoms with Crippen molar-refractivity contribution in [3.63, 3.8) is 0 Å². The highest BCUT2D eigenvalue weighted by atomic mass is 127. The number of hydrogen-bond acceptors (Lipinski definition) is 2. The molecule has 1 atom stereocenters. The summed E-state index contributed by atoms with van der Waals surface area (Å²) < 4.78 is 1.27. The number of carbonyl (C=O) groups excluding carboxylic acids is 1. The predicted octanol–water partition coefficient (Wildman–Crippen LogP) is 2.56. The number of amides is 1. The number of rotatable bonds is 5. The lowest BCUT2D eigenvalue weighted by atomic mass is 10.1. The number of hydrogen-bond donors (Lipinski definition) is 1. The number of benzene rings is 1.